The predicted octanol–water partition coefficient (Wildman–Crippen LogP) is 2.58. The zero-order chi connectivity index (χ0) is 11.0. The van der Waals surface area contributed by atoms with Crippen molar-refractivity contribution in [2.45, 2.75) is 40.0 Å². The van der Waals surface area contributed by atoms with Crippen molar-refractivity contribution < 1.29 is 9.53 Å². The Labute approximate surface area is 85.4 Å². The van der Waals surface area contributed by atoms with Gasteiger partial charge in [-0.2, -0.15) is 5.26 Å². The lowest BCUT2D eigenvalue weighted by Crippen LogP contribution is -2.08. The molecule has 0 aromatic carbocycles. The summed E-state index contributed by atoms with van der Waals surface area (Å²) >= 11 is 0. The Morgan fingerprint density at radius 2 is 2.07 bits per heavy atom. The Balaban J connectivity index is 4.51. The number of hydrogen-bond acceptors (Lipinski definition) is 3. The molecule has 0 aliphatic heterocycles. The van der Waals surface area contributed by atoms with Gasteiger partial charge in [-0.3, -0.25) is 0 Å². The van der Waals surface area contributed by atoms with Gasteiger partial charge in [0, 0.05) is 0 Å². The van der Waals surface area contributed by atoms with Crippen LogP contribution in [0.1, 0.15) is 40.0 Å². The van der Waals surface area contributed by atoms with Gasteiger partial charge in [-0.05, 0) is 32.3 Å². The Hall–Kier alpha value is -1.30. The van der Waals surface area contributed by atoms with Crippen LogP contribution >= 0.6 is 0 Å². The van der Waals surface area contributed by atoms with E-state index >= 15 is 0 Å². The summed E-state index contributed by atoms with van der Waals surface area (Å²) in [5.41, 5.74) is 0.994. The van der Waals surface area contributed by atoms with E-state index in [2.05, 4.69) is 6.92 Å². The van der Waals surface area contributed by atoms with Gasteiger partial charge in [0.25, 0.3) is 0 Å². The number of rotatable bonds is 5. The van der Waals surface area contributed by atoms with Crippen LogP contribution in [0.15, 0.2) is 11.1 Å². The molecule has 0 saturated heterocycles. The highest BCUT2D eigenvalue weighted by Crippen LogP contribution is 2.12. The van der Waals surface area contributed by atoms with Gasteiger partial charge in [0.05, 0.1) is 6.61 Å². The van der Waals surface area contributed by atoms with Gasteiger partial charge in [-0.1, -0.05) is 13.3 Å². The second-order valence-electron chi connectivity index (χ2n) is 3.09. The highest BCUT2D eigenvalue weighted by atomic mass is 16.5. The molecule has 0 atom stereocenters. The molecular weight excluding hydrogens is 178 g/mol. The Morgan fingerprint density at radius 3 is 2.50 bits per heavy atom. The second kappa shape index (κ2) is 7.14. The lowest BCUT2D eigenvalue weighted by molar-refractivity contribution is -0.138. The van der Waals surface area contributed by atoms with E-state index in [4.69, 9.17) is 10.00 Å². The van der Waals surface area contributed by atoms with E-state index in [9.17, 15) is 4.79 Å². The largest absolute Gasteiger partial charge is 0.462 e. The van der Waals surface area contributed by atoms with Crippen molar-refractivity contribution in [3.63, 3.8) is 0 Å². The number of nitriles is 1. The summed E-state index contributed by atoms with van der Waals surface area (Å²) in [5, 5.41) is 8.78. The second-order valence-corrected chi connectivity index (χ2v) is 3.09. The highest BCUT2D eigenvalue weighted by Gasteiger charge is 2.12. The minimum absolute atomic E-state index is 0.167. The van der Waals surface area contributed by atoms with E-state index in [1.807, 2.05) is 13.0 Å². The number of esters is 1. The molecule has 0 rings (SSSR count). The Bertz CT molecular complexity index is 261. The van der Waals surface area contributed by atoms with Gasteiger partial charge >= 0.3 is 5.97 Å². The third kappa shape index (κ3) is 4.08. The fraction of sp³-hybridized carbons (Fsp3) is 0.636. The summed E-state index contributed by atoms with van der Waals surface area (Å²) in [4.78, 5) is 11.3. The number of unbranched alkanes of at least 4 members (excludes halogenated alkanes) is 1. The average Bonchev–Trinajstić information content (AvgIpc) is 2.16. The molecule has 0 fully saturated rings. The summed E-state index contributed by atoms with van der Waals surface area (Å²) in [7, 11) is 0. The van der Waals surface area contributed by atoms with Crippen LogP contribution < -0.4 is 0 Å². The van der Waals surface area contributed by atoms with Crippen molar-refractivity contribution in [1.29, 1.82) is 5.26 Å². The topological polar surface area (TPSA) is 50.1 Å². The van der Waals surface area contributed by atoms with Crippen LogP contribution in [0.4, 0.5) is 0 Å². The molecule has 0 aliphatic carbocycles. The van der Waals surface area contributed by atoms with Gasteiger partial charge in [-0.15, -0.1) is 0 Å². The molecule has 0 heterocycles. The molecule has 3 nitrogen and oxygen atoms in total. The van der Waals surface area contributed by atoms with Gasteiger partial charge in [0.2, 0.25) is 0 Å². The van der Waals surface area contributed by atoms with Crippen LogP contribution in [-0.2, 0) is 9.53 Å². The number of hydrogen-bond donors (Lipinski definition) is 0. The van der Waals surface area contributed by atoms with Crippen LogP contribution in [0.5, 0.6) is 0 Å². The third-order valence-corrected chi connectivity index (χ3v) is 1.92. The molecule has 0 amide bonds. The minimum Gasteiger partial charge on any atom is -0.462 e. The average molecular weight is 195 g/mol. The third-order valence-electron chi connectivity index (χ3n) is 1.92. The highest BCUT2D eigenvalue weighted by molar-refractivity contribution is 5.93. The number of nitrogens with zero attached hydrogens (tertiary/aromatic N) is 1. The van der Waals surface area contributed by atoms with E-state index in [-0.39, 0.29) is 5.57 Å². The molecule has 0 aliphatic rings. The molecule has 0 N–H and O–H groups in total. The summed E-state index contributed by atoms with van der Waals surface area (Å²) < 4.78 is 4.78. The van der Waals surface area contributed by atoms with Gasteiger partial charge in [0.1, 0.15) is 11.6 Å². The van der Waals surface area contributed by atoms with Gasteiger partial charge in [0.15, 0.2) is 0 Å². The number of carbonyl (C=O) groups excluding carboxylic acids is 1. The molecule has 0 saturated carbocycles. The maximum absolute atomic E-state index is 11.3. The van der Waals surface area contributed by atoms with Crippen LogP contribution in [0.25, 0.3) is 0 Å². The standard InChI is InChI=1S/C11H17NO2/c1-4-6-7-9(3)10(8-12)11(13)14-5-2/h4-7H2,1-3H3/b10-9+. The normalized spacial score (nSPS) is 11.6. The fourth-order valence-electron chi connectivity index (χ4n) is 1.09. The number of ether oxygens (including phenoxy) is 1. The SMILES string of the molecule is CCCC/C(C)=C(\C#N)C(=O)OCC. The first-order valence-electron chi connectivity index (χ1n) is 4.94. The molecule has 0 spiro atoms. The first kappa shape index (κ1) is 12.7. The van der Waals surface area contributed by atoms with Crippen LogP contribution in [0.2, 0.25) is 0 Å². The first-order valence-corrected chi connectivity index (χ1v) is 4.94. The molecule has 14 heavy (non-hydrogen) atoms. The molecule has 0 aromatic rings. The molecule has 0 bridgehead atoms. The fourth-order valence-corrected chi connectivity index (χ4v) is 1.09. The van der Waals surface area contributed by atoms with Crippen LogP contribution in [0, 0.1) is 11.3 Å². The molecule has 78 valence electrons. The summed E-state index contributed by atoms with van der Waals surface area (Å²) in [6, 6.07) is 1.90. The van der Waals surface area contributed by atoms with Gasteiger partial charge in [-0.25, -0.2) is 4.79 Å². The van der Waals surface area contributed by atoms with Crippen molar-refractivity contribution in [1.82, 2.24) is 0 Å². The molecular formula is C11H17NO2. The molecule has 3 heteroatoms. The zero-order valence-corrected chi connectivity index (χ0v) is 9.09. The van der Waals surface area contributed by atoms with Crippen LogP contribution in [0.3, 0.4) is 0 Å². The van der Waals surface area contributed by atoms with E-state index in [0.29, 0.717) is 6.61 Å². The Kier molecular flexibility index (Phi) is 6.47. The van der Waals surface area contributed by atoms with Crippen molar-refractivity contribution in [2.75, 3.05) is 6.61 Å². The zero-order valence-electron chi connectivity index (χ0n) is 9.09. The maximum atomic E-state index is 11.3. The van der Waals surface area contributed by atoms with Crippen molar-refractivity contribution in [3.8, 4) is 6.07 Å². The minimum atomic E-state index is -0.497. The lowest BCUT2D eigenvalue weighted by atomic mass is 10.1. The van der Waals surface area contributed by atoms with Crippen LogP contribution in [-0.4, -0.2) is 12.6 Å². The molecule has 0 unspecified atom stereocenters. The Morgan fingerprint density at radius 1 is 1.43 bits per heavy atom. The van der Waals surface area contributed by atoms with Crippen molar-refractivity contribution in [2.24, 2.45) is 0 Å². The monoisotopic (exact) mass is 195 g/mol. The summed E-state index contributed by atoms with van der Waals surface area (Å²) in [5.74, 6) is -0.497. The number of allylic oxidation sites excluding steroid dienone is 1. The smallest absolute Gasteiger partial charge is 0.348 e. The predicted molar refractivity (Wildman–Crippen MR) is 54.5 cm³/mol. The van der Waals surface area contributed by atoms with E-state index in [0.717, 1.165) is 24.8 Å². The molecule has 0 radical (unpaired) electrons. The molecule has 0 aromatic heterocycles. The van der Waals surface area contributed by atoms with Gasteiger partial charge < -0.3 is 4.74 Å². The van der Waals surface area contributed by atoms with E-state index in [1.54, 1.807) is 6.92 Å². The van der Waals surface area contributed by atoms with Crippen molar-refractivity contribution >= 4 is 5.97 Å². The summed E-state index contributed by atoms with van der Waals surface area (Å²) in [6.07, 6.45) is 2.84. The van der Waals surface area contributed by atoms with E-state index in [1.165, 1.54) is 0 Å². The summed E-state index contributed by atoms with van der Waals surface area (Å²) in [6.45, 7) is 5.92. The lowest BCUT2D eigenvalue weighted by Gasteiger charge is -2.04. The van der Waals surface area contributed by atoms with E-state index < -0.39 is 5.97 Å². The maximum Gasteiger partial charge on any atom is 0.348 e. The first-order chi connectivity index (χ1) is 6.67. The quantitative estimate of drug-likeness (QED) is 0.385. The van der Waals surface area contributed by atoms with Crippen molar-refractivity contribution in [3.05, 3.63) is 11.1 Å². The number of carbonyl (C=O) groups is 1.